The summed E-state index contributed by atoms with van der Waals surface area (Å²) in [6.45, 7) is 3.18. The van der Waals surface area contributed by atoms with Crippen LogP contribution in [-0.4, -0.2) is 46.2 Å². The molecule has 0 bridgehead atoms. The molecule has 0 aliphatic heterocycles. The highest BCUT2D eigenvalue weighted by Gasteiger charge is 2.24. The molecule has 3 rings (SSSR count). The predicted molar refractivity (Wildman–Crippen MR) is 92.9 cm³/mol. The molecule has 0 atom stereocenters. The van der Waals surface area contributed by atoms with Crippen LogP contribution in [0.15, 0.2) is 21.9 Å². The largest absolute Gasteiger partial charge is 0.419 e. The highest BCUT2D eigenvalue weighted by Crippen LogP contribution is 2.23. The van der Waals surface area contributed by atoms with Crippen molar-refractivity contribution in [2.45, 2.75) is 38.8 Å². The van der Waals surface area contributed by atoms with Crippen molar-refractivity contribution in [1.29, 1.82) is 0 Å². The fourth-order valence-corrected chi connectivity index (χ4v) is 3.00. The monoisotopic (exact) mass is 363 g/mol. The molecule has 0 saturated heterocycles. The molecule has 0 aromatic carbocycles. The zero-order valence-electron chi connectivity index (χ0n) is 14.0. The van der Waals surface area contributed by atoms with Crippen molar-refractivity contribution in [2.24, 2.45) is 0 Å². The molecule has 3 amide bonds. The third-order valence-electron chi connectivity index (χ3n) is 3.63. The summed E-state index contributed by atoms with van der Waals surface area (Å²) < 4.78 is 5.66. The standard InChI is InChI=1S/C16H21N5O3S/c1-2-7-21(9-13(22)18-16(23)17-11-5-6-11)10-14-19-20-15(24-14)12-4-3-8-25-12/h3-4,8,11H,2,5-7,9-10H2,1H3,(H2,17,18,22,23). The highest BCUT2D eigenvalue weighted by molar-refractivity contribution is 7.13. The van der Waals surface area contributed by atoms with Gasteiger partial charge in [-0.2, -0.15) is 0 Å². The van der Waals surface area contributed by atoms with Gasteiger partial charge in [-0.05, 0) is 37.3 Å². The lowest BCUT2D eigenvalue weighted by molar-refractivity contribution is -0.121. The van der Waals surface area contributed by atoms with Gasteiger partial charge in [0, 0.05) is 6.04 Å². The van der Waals surface area contributed by atoms with Crippen LogP contribution in [0.2, 0.25) is 0 Å². The van der Waals surface area contributed by atoms with Gasteiger partial charge in [0.25, 0.3) is 5.89 Å². The summed E-state index contributed by atoms with van der Waals surface area (Å²) in [6, 6.07) is 3.62. The van der Waals surface area contributed by atoms with E-state index in [1.165, 1.54) is 11.3 Å². The van der Waals surface area contributed by atoms with Crippen LogP contribution in [0, 0.1) is 0 Å². The van der Waals surface area contributed by atoms with Gasteiger partial charge in [0.2, 0.25) is 11.8 Å². The van der Waals surface area contributed by atoms with Crippen LogP contribution in [0.1, 0.15) is 32.1 Å². The summed E-state index contributed by atoms with van der Waals surface area (Å²) in [6.07, 6.45) is 2.83. The molecular weight excluding hydrogens is 342 g/mol. The molecule has 9 heteroatoms. The van der Waals surface area contributed by atoms with Crippen molar-refractivity contribution in [3.05, 3.63) is 23.4 Å². The molecule has 2 N–H and O–H groups in total. The van der Waals surface area contributed by atoms with E-state index < -0.39 is 6.03 Å². The summed E-state index contributed by atoms with van der Waals surface area (Å²) >= 11 is 1.53. The maximum atomic E-state index is 12.0. The number of imide groups is 1. The van der Waals surface area contributed by atoms with Crippen molar-refractivity contribution in [1.82, 2.24) is 25.7 Å². The summed E-state index contributed by atoms with van der Waals surface area (Å²) in [5, 5.41) is 15.1. The SMILES string of the molecule is CCCN(CC(=O)NC(=O)NC1CC1)Cc1nnc(-c2cccs2)o1. The number of hydrogen-bond donors (Lipinski definition) is 2. The normalized spacial score (nSPS) is 13.8. The lowest BCUT2D eigenvalue weighted by Gasteiger charge is -2.18. The lowest BCUT2D eigenvalue weighted by Crippen LogP contribution is -2.45. The Morgan fingerprint density at radius 3 is 2.92 bits per heavy atom. The van der Waals surface area contributed by atoms with Crippen molar-refractivity contribution in [2.75, 3.05) is 13.1 Å². The van der Waals surface area contributed by atoms with Crippen molar-refractivity contribution in [3.8, 4) is 10.8 Å². The number of amides is 3. The molecule has 2 aromatic heterocycles. The first-order valence-electron chi connectivity index (χ1n) is 8.33. The highest BCUT2D eigenvalue weighted by atomic mass is 32.1. The quantitative estimate of drug-likeness (QED) is 0.744. The Balaban J connectivity index is 1.53. The number of nitrogens with zero attached hydrogens (tertiary/aromatic N) is 3. The molecule has 1 aliphatic carbocycles. The average Bonchev–Trinajstić information content (AvgIpc) is 3.02. The van der Waals surface area contributed by atoms with Gasteiger partial charge in [-0.15, -0.1) is 21.5 Å². The molecular formula is C16H21N5O3S. The first-order valence-corrected chi connectivity index (χ1v) is 9.21. The van der Waals surface area contributed by atoms with Crippen LogP contribution >= 0.6 is 11.3 Å². The van der Waals surface area contributed by atoms with Crippen molar-refractivity contribution >= 4 is 23.3 Å². The second-order valence-electron chi connectivity index (χ2n) is 5.98. The third kappa shape index (κ3) is 5.36. The number of aromatic nitrogens is 2. The minimum Gasteiger partial charge on any atom is -0.419 e. The van der Waals surface area contributed by atoms with Gasteiger partial charge in [-0.3, -0.25) is 15.0 Å². The predicted octanol–water partition coefficient (Wildman–Crippen LogP) is 2.00. The van der Waals surface area contributed by atoms with E-state index in [2.05, 4.69) is 20.8 Å². The fraction of sp³-hybridized carbons (Fsp3) is 0.500. The summed E-state index contributed by atoms with van der Waals surface area (Å²) in [5.41, 5.74) is 0. The summed E-state index contributed by atoms with van der Waals surface area (Å²) in [4.78, 5) is 26.5. The molecule has 2 aromatic rings. The minimum atomic E-state index is -0.429. The van der Waals surface area contributed by atoms with Crippen LogP contribution in [0.25, 0.3) is 10.8 Å². The molecule has 8 nitrogen and oxygen atoms in total. The second kappa shape index (κ2) is 8.21. The van der Waals surface area contributed by atoms with E-state index in [-0.39, 0.29) is 18.5 Å². The minimum absolute atomic E-state index is 0.0998. The van der Waals surface area contributed by atoms with Gasteiger partial charge in [0.15, 0.2) is 0 Å². The smallest absolute Gasteiger partial charge is 0.321 e. The maximum Gasteiger partial charge on any atom is 0.321 e. The van der Waals surface area contributed by atoms with Gasteiger partial charge in [-0.25, -0.2) is 4.79 Å². The van der Waals surface area contributed by atoms with E-state index in [4.69, 9.17) is 4.42 Å². The number of carbonyl (C=O) groups is 2. The molecule has 0 spiro atoms. The van der Waals surface area contributed by atoms with Crippen molar-refractivity contribution < 1.29 is 14.0 Å². The van der Waals surface area contributed by atoms with Crippen molar-refractivity contribution in [3.63, 3.8) is 0 Å². The van der Waals surface area contributed by atoms with Gasteiger partial charge < -0.3 is 9.73 Å². The Labute approximate surface area is 149 Å². The lowest BCUT2D eigenvalue weighted by atomic mass is 10.3. The van der Waals surface area contributed by atoms with E-state index in [9.17, 15) is 9.59 Å². The Morgan fingerprint density at radius 2 is 2.24 bits per heavy atom. The van der Waals surface area contributed by atoms with Crippen LogP contribution in [-0.2, 0) is 11.3 Å². The molecule has 134 valence electrons. The molecule has 0 radical (unpaired) electrons. The fourth-order valence-electron chi connectivity index (χ4n) is 2.36. The number of carbonyl (C=O) groups excluding carboxylic acids is 2. The maximum absolute atomic E-state index is 12.0. The van der Waals surface area contributed by atoms with E-state index >= 15 is 0 Å². The number of urea groups is 1. The Hall–Kier alpha value is -2.26. The molecule has 1 fully saturated rings. The number of thiophene rings is 1. The van der Waals surface area contributed by atoms with E-state index in [1.54, 1.807) is 0 Å². The number of hydrogen-bond acceptors (Lipinski definition) is 7. The van der Waals surface area contributed by atoms with Crippen LogP contribution < -0.4 is 10.6 Å². The van der Waals surface area contributed by atoms with E-state index in [0.29, 0.717) is 24.9 Å². The summed E-state index contributed by atoms with van der Waals surface area (Å²) in [7, 11) is 0. The zero-order valence-corrected chi connectivity index (χ0v) is 14.8. The first-order chi connectivity index (χ1) is 12.1. The Kier molecular flexibility index (Phi) is 5.77. The molecule has 2 heterocycles. The van der Waals surface area contributed by atoms with E-state index in [1.807, 2.05) is 29.3 Å². The van der Waals surface area contributed by atoms with E-state index in [0.717, 1.165) is 24.1 Å². The van der Waals surface area contributed by atoms with Gasteiger partial charge >= 0.3 is 6.03 Å². The van der Waals surface area contributed by atoms with Gasteiger partial charge in [0.1, 0.15) is 0 Å². The second-order valence-corrected chi connectivity index (χ2v) is 6.93. The first kappa shape index (κ1) is 17.6. The third-order valence-corrected chi connectivity index (χ3v) is 4.49. The van der Waals surface area contributed by atoms with Crippen LogP contribution in [0.3, 0.4) is 0 Å². The zero-order chi connectivity index (χ0) is 17.6. The molecule has 25 heavy (non-hydrogen) atoms. The Morgan fingerprint density at radius 1 is 1.40 bits per heavy atom. The molecule has 1 aliphatic rings. The van der Waals surface area contributed by atoms with Gasteiger partial charge in [0.05, 0.1) is 18.0 Å². The van der Waals surface area contributed by atoms with Crippen LogP contribution in [0.5, 0.6) is 0 Å². The molecule has 1 saturated carbocycles. The number of rotatable bonds is 8. The summed E-state index contributed by atoms with van der Waals surface area (Å²) in [5.74, 6) is 0.589. The number of nitrogens with one attached hydrogen (secondary N) is 2. The van der Waals surface area contributed by atoms with Crippen LogP contribution in [0.4, 0.5) is 4.79 Å². The average molecular weight is 363 g/mol. The molecule has 0 unspecified atom stereocenters. The van der Waals surface area contributed by atoms with Gasteiger partial charge in [-0.1, -0.05) is 13.0 Å². The Bertz CT molecular complexity index is 711. The topological polar surface area (TPSA) is 100 Å².